The zero-order valence-corrected chi connectivity index (χ0v) is 13.3. The van der Waals surface area contributed by atoms with E-state index in [0.717, 1.165) is 0 Å². The zero-order valence-electron chi connectivity index (χ0n) is 7.21. The van der Waals surface area contributed by atoms with Crippen LogP contribution in [0, 0.1) is 35.6 Å². The quantitative estimate of drug-likeness (QED) is 0.313. The summed E-state index contributed by atoms with van der Waals surface area (Å²) in [6, 6.07) is 0. The van der Waals surface area contributed by atoms with E-state index in [1.165, 1.54) is 0 Å². The third kappa shape index (κ3) is 4360. The molecular formula is H6LaN3O9S3. The number of hydrogen-bond acceptors (Lipinski definition) is 9. The molecule has 16 heteroatoms. The molecule has 0 atom stereocenters. The third-order valence-corrected chi connectivity index (χ3v) is 0. The molecule has 6 N–H and O–H groups in total. The van der Waals surface area contributed by atoms with Gasteiger partial charge in [-0.2, -0.15) is 0 Å². The van der Waals surface area contributed by atoms with Crippen molar-refractivity contribution >= 4 is 30.9 Å². The molecule has 0 bridgehead atoms. The van der Waals surface area contributed by atoms with E-state index < -0.39 is 30.9 Å². The van der Waals surface area contributed by atoms with Crippen molar-refractivity contribution in [2.75, 3.05) is 0 Å². The Morgan fingerprint density at radius 1 is 0.562 bits per heavy atom. The summed E-state index contributed by atoms with van der Waals surface area (Å²) in [5.41, 5.74) is 0. The van der Waals surface area contributed by atoms with Crippen LogP contribution in [0.4, 0.5) is 0 Å². The third-order valence-electron chi connectivity index (χ3n) is 0. The molecule has 0 unspecified atom stereocenters. The molecule has 0 saturated heterocycles. The van der Waals surface area contributed by atoms with E-state index in [2.05, 4.69) is 15.4 Å². The van der Waals surface area contributed by atoms with Gasteiger partial charge < -0.3 is 13.7 Å². The van der Waals surface area contributed by atoms with Gasteiger partial charge in [-0.1, -0.05) is 0 Å². The van der Waals surface area contributed by atoms with Crippen LogP contribution in [0.3, 0.4) is 0 Å². The van der Waals surface area contributed by atoms with Crippen molar-refractivity contribution in [3.8, 4) is 0 Å². The van der Waals surface area contributed by atoms with Crippen LogP contribution >= 0.6 is 0 Å². The fourth-order valence-corrected chi connectivity index (χ4v) is 0. The first kappa shape index (κ1) is 25.6. The number of hydrogen-bond donors (Lipinski definition) is 3. The van der Waals surface area contributed by atoms with Gasteiger partial charge in [0.05, 0.1) is 0 Å². The SMILES string of the molecule is NS(=O)(=O)[O-].NS(=O)(=O)[O-].NS(=O)(=O)[O-].[La+3]. The van der Waals surface area contributed by atoms with E-state index in [1.807, 2.05) is 0 Å². The topological polar surface area (TPSA) is 250 Å². The molecule has 0 heterocycles. The van der Waals surface area contributed by atoms with Crippen LogP contribution in [0.25, 0.3) is 0 Å². The van der Waals surface area contributed by atoms with Gasteiger partial charge in [0, 0.05) is 0 Å². The first-order valence-electron chi connectivity index (χ1n) is 2.21. The molecule has 96 valence electrons. The summed E-state index contributed by atoms with van der Waals surface area (Å²) in [5.74, 6) is 0. The molecule has 0 aromatic carbocycles. The van der Waals surface area contributed by atoms with Crippen LogP contribution in [0.1, 0.15) is 0 Å². The van der Waals surface area contributed by atoms with E-state index >= 15 is 0 Å². The standard InChI is InChI=1S/La.3H3NO3S/c;3*1-5(2,3)4/h;3*(H3,1,2,3,4)/q+3;;;/p-3. The molecular weight excluding hydrogens is 421 g/mol. The predicted octanol–water partition coefficient (Wildman–Crippen LogP) is -4.78. The van der Waals surface area contributed by atoms with Crippen molar-refractivity contribution in [3.05, 3.63) is 0 Å². The Morgan fingerprint density at radius 3 is 0.562 bits per heavy atom. The van der Waals surface area contributed by atoms with E-state index in [9.17, 15) is 0 Å². The monoisotopic (exact) mass is 427 g/mol. The Bertz CT molecular complexity index is 347. The van der Waals surface area contributed by atoms with E-state index in [4.69, 9.17) is 38.9 Å². The maximum absolute atomic E-state index is 8.85. The zero-order chi connectivity index (χ0) is 13.5. The molecule has 12 nitrogen and oxygen atoms in total. The van der Waals surface area contributed by atoms with Gasteiger partial charge in [-0.05, 0) is 0 Å². The average molecular weight is 427 g/mol. The Morgan fingerprint density at radius 2 is 0.562 bits per heavy atom. The number of rotatable bonds is 0. The van der Waals surface area contributed by atoms with Gasteiger partial charge in [0.2, 0.25) is 0 Å². The van der Waals surface area contributed by atoms with Gasteiger partial charge in [-0.15, -0.1) is 0 Å². The maximum Gasteiger partial charge on any atom is 3.00 e. The van der Waals surface area contributed by atoms with Crippen molar-refractivity contribution in [2.24, 2.45) is 15.4 Å². The second-order valence-corrected chi connectivity index (χ2v) is 4.44. The fraction of sp³-hybridized carbons (Fsp3) is 0. The second kappa shape index (κ2) is 9.80. The maximum atomic E-state index is 8.85. The van der Waals surface area contributed by atoms with Crippen LogP contribution in [0.5, 0.6) is 0 Å². The van der Waals surface area contributed by atoms with Crippen molar-refractivity contribution < 1.29 is 74.5 Å². The largest absolute Gasteiger partial charge is 3.00 e. The molecule has 16 heavy (non-hydrogen) atoms. The summed E-state index contributed by atoms with van der Waals surface area (Å²) in [6.45, 7) is 0. The van der Waals surface area contributed by atoms with E-state index in [-0.39, 0.29) is 35.6 Å². The summed E-state index contributed by atoms with van der Waals surface area (Å²) >= 11 is 0. The molecule has 0 aliphatic heterocycles. The fourth-order valence-electron chi connectivity index (χ4n) is 0. The first-order valence-corrected chi connectivity index (χ1v) is 6.62. The summed E-state index contributed by atoms with van der Waals surface area (Å²) < 4.78 is 79.7. The minimum Gasteiger partial charge on any atom is -0.736 e. The molecule has 0 aliphatic carbocycles. The molecule has 0 amide bonds. The van der Waals surface area contributed by atoms with Crippen LogP contribution in [-0.2, 0) is 30.9 Å². The number of nitrogens with two attached hydrogens (primary N) is 3. The van der Waals surface area contributed by atoms with Crippen LogP contribution in [0.2, 0.25) is 0 Å². The molecule has 0 saturated carbocycles. The predicted molar refractivity (Wildman–Crippen MR) is 41.7 cm³/mol. The average Bonchev–Trinajstić information content (AvgIpc) is 1.41. The molecule has 0 aromatic rings. The molecule has 0 rings (SSSR count). The molecule has 0 spiro atoms. The van der Waals surface area contributed by atoms with Gasteiger partial charge in [0.15, 0.2) is 30.9 Å². The smallest absolute Gasteiger partial charge is 0.736 e. The summed E-state index contributed by atoms with van der Waals surface area (Å²) in [5, 5.41) is 11.3. The van der Waals surface area contributed by atoms with Crippen molar-refractivity contribution in [3.63, 3.8) is 0 Å². The Labute approximate surface area is 120 Å². The van der Waals surface area contributed by atoms with Crippen molar-refractivity contribution in [1.82, 2.24) is 0 Å². The van der Waals surface area contributed by atoms with Crippen LogP contribution in [0.15, 0.2) is 0 Å². The molecule has 0 fully saturated rings. The second-order valence-electron chi connectivity index (χ2n) is 1.48. The molecule has 0 aromatic heterocycles. The van der Waals surface area contributed by atoms with Crippen LogP contribution < -0.4 is 15.4 Å². The van der Waals surface area contributed by atoms with Gasteiger partial charge in [-0.3, -0.25) is 0 Å². The minimum absolute atomic E-state index is 0. The van der Waals surface area contributed by atoms with Crippen LogP contribution in [-0.4, -0.2) is 38.9 Å². The summed E-state index contributed by atoms with van der Waals surface area (Å²) in [7, 11) is -13.2. The van der Waals surface area contributed by atoms with Gasteiger partial charge >= 0.3 is 35.6 Å². The van der Waals surface area contributed by atoms with E-state index in [0.29, 0.717) is 0 Å². The Balaban J connectivity index is -0.0000000655. The minimum atomic E-state index is -4.42. The molecule has 0 aliphatic rings. The van der Waals surface area contributed by atoms with Gasteiger partial charge in [-0.25, -0.2) is 40.7 Å². The van der Waals surface area contributed by atoms with Gasteiger partial charge in [0.1, 0.15) is 0 Å². The Hall–Kier alpha value is 0.805. The molecule has 0 radical (unpaired) electrons. The van der Waals surface area contributed by atoms with Crippen molar-refractivity contribution in [1.29, 1.82) is 0 Å². The summed E-state index contributed by atoms with van der Waals surface area (Å²) in [6.07, 6.45) is 0. The Kier molecular flexibility index (Phi) is 15.7. The summed E-state index contributed by atoms with van der Waals surface area (Å²) in [4.78, 5) is 0. The first-order chi connectivity index (χ1) is 6.00. The van der Waals surface area contributed by atoms with Gasteiger partial charge in [0.25, 0.3) is 0 Å². The van der Waals surface area contributed by atoms with E-state index in [1.54, 1.807) is 0 Å². The van der Waals surface area contributed by atoms with Crippen molar-refractivity contribution in [2.45, 2.75) is 0 Å². The normalized spacial score (nSPS) is 10.9.